The third-order valence-corrected chi connectivity index (χ3v) is 4.59. The van der Waals surface area contributed by atoms with Crippen molar-refractivity contribution in [2.75, 3.05) is 26.2 Å². The smallest absolute Gasteiger partial charge is 0.239 e. The average Bonchev–Trinajstić information content (AvgIpc) is 2.69. The molecular formula is C15H29N3O. The molecule has 2 saturated heterocycles. The van der Waals surface area contributed by atoms with Gasteiger partial charge in [0.25, 0.3) is 0 Å². The molecule has 2 aliphatic rings. The molecule has 0 spiro atoms. The van der Waals surface area contributed by atoms with Crippen molar-refractivity contribution in [1.29, 1.82) is 0 Å². The lowest BCUT2D eigenvalue weighted by molar-refractivity contribution is -0.137. The third-order valence-electron chi connectivity index (χ3n) is 4.59. The van der Waals surface area contributed by atoms with Gasteiger partial charge in [0.15, 0.2) is 0 Å². The number of nitrogens with zero attached hydrogens (tertiary/aromatic N) is 2. The first-order valence-electron chi connectivity index (χ1n) is 7.87. The van der Waals surface area contributed by atoms with Crippen LogP contribution in [-0.2, 0) is 4.79 Å². The summed E-state index contributed by atoms with van der Waals surface area (Å²) in [4.78, 5) is 17.1. The first kappa shape index (κ1) is 14.8. The molecule has 110 valence electrons. The molecule has 2 rings (SSSR count). The topological polar surface area (TPSA) is 35.6 Å². The zero-order chi connectivity index (χ0) is 13.8. The molecule has 19 heavy (non-hydrogen) atoms. The SMILES string of the molecule is CC1CN(C(C)C(=O)N2CCCCCC2)C(C)CN1. The minimum Gasteiger partial charge on any atom is -0.341 e. The summed E-state index contributed by atoms with van der Waals surface area (Å²) in [5.74, 6) is 0.336. The summed E-state index contributed by atoms with van der Waals surface area (Å²) in [7, 11) is 0. The lowest BCUT2D eigenvalue weighted by atomic mass is 10.1. The molecule has 0 bridgehead atoms. The monoisotopic (exact) mass is 267 g/mol. The number of carbonyl (C=O) groups is 1. The van der Waals surface area contributed by atoms with E-state index >= 15 is 0 Å². The standard InChI is InChI=1S/C15H29N3O/c1-12-11-18(13(2)10-16-12)14(3)15(19)17-8-6-4-5-7-9-17/h12-14,16H,4-11H2,1-3H3. The molecule has 3 atom stereocenters. The van der Waals surface area contributed by atoms with Gasteiger partial charge >= 0.3 is 0 Å². The van der Waals surface area contributed by atoms with E-state index in [1.165, 1.54) is 25.7 Å². The molecule has 4 nitrogen and oxygen atoms in total. The van der Waals surface area contributed by atoms with Crippen LogP contribution in [0.1, 0.15) is 46.5 Å². The number of nitrogens with one attached hydrogen (secondary N) is 1. The van der Waals surface area contributed by atoms with E-state index in [0.717, 1.165) is 26.2 Å². The van der Waals surface area contributed by atoms with E-state index < -0.39 is 0 Å². The Morgan fingerprint density at radius 3 is 2.42 bits per heavy atom. The normalized spacial score (nSPS) is 31.8. The molecule has 4 heteroatoms. The van der Waals surface area contributed by atoms with Gasteiger partial charge in [-0.05, 0) is 33.6 Å². The van der Waals surface area contributed by atoms with Crippen LogP contribution in [-0.4, -0.2) is 60.0 Å². The molecular weight excluding hydrogens is 238 g/mol. The molecule has 2 fully saturated rings. The number of rotatable bonds is 2. The quantitative estimate of drug-likeness (QED) is 0.823. The van der Waals surface area contributed by atoms with E-state index in [4.69, 9.17) is 0 Å². The van der Waals surface area contributed by atoms with E-state index in [2.05, 4.69) is 35.9 Å². The van der Waals surface area contributed by atoms with Crippen LogP contribution >= 0.6 is 0 Å². The van der Waals surface area contributed by atoms with Crippen LogP contribution in [0.2, 0.25) is 0 Å². The van der Waals surface area contributed by atoms with Gasteiger partial charge in [0, 0.05) is 38.3 Å². The minimum atomic E-state index is 0.0256. The molecule has 2 aliphatic heterocycles. The number of hydrogen-bond donors (Lipinski definition) is 1. The van der Waals surface area contributed by atoms with Crippen LogP contribution in [0, 0.1) is 0 Å². The predicted octanol–water partition coefficient (Wildman–Crippen LogP) is 1.46. The maximum atomic E-state index is 12.7. The maximum Gasteiger partial charge on any atom is 0.239 e. The molecule has 0 aromatic heterocycles. The summed E-state index contributed by atoms with van der Waals surface area (Å²) < 4.78 is 0. The Bertz CT molecular complexity index is 300. The first-order valence-corrected chi connectivity index (χ1v) is 7.87. The predicted molar refractivity (Wildman–Crippen MR) is 78.1 cm³/mol. The number of hydrogen-bond acceptors (Lipinski definition) is 3. The lowest BCUT2D eigenvalue weighted by Gasteiger charge is -2.41. The van der Waals surface area contributed by atoms with Crippen molar-refractivity contribution in [3.05, 3.63) is 0 Å². The number of piperazine rings is 1. The molecule has 2 heterocycles. The Morgan fingerprint density at radius 2 is 1.79 bits per heavy atom. The van der Waals surface area contributed by atoms with Gasteiger partial charge in [-0.3, -0.25) is 9.69 Å². The molecule has 0 saturated carbocycles. The van der Waals surface area contributed by atoms with E-state index in [9.17, 15) is 4.79 Å². The largest absolute Gasteiger partial charge is 0.341 e. The van der Waals surface area contributed by atoms with Gasteiger partial charge in [0.2, 0.25) is 5.91 Å². The van der Waals surface area contributed by atoms with Crippen molar-refractivity contribution >= 4 is 5.91 Å². The lowest BCUT2D eigenvalue weighted by Crippen LogP contribution is -2.60. The van der Waals surface area contributed by atoms with Crippen LogP contribution in [0.25, 0.3) is 0 Å². The highest BCUT2D eigenvalue weighted by Crippen LogP contribution is 2.16. The zero-order valence-electron chi connectivity index (χ0n) is 12.7. The second-order valence-electron chi connectivity index (χ2n) is 6.27. The summed E-state index contributed by atoms with van der Waals surface area (Å²) in [5, 5.41) is 3.48. The fraction of sp³-hybridized carbons (Fsp3) is 0.933. The Hall–Kier alpha value is -0.610. The highest BCUT2D eigenvalue weighted by atomic mass is 16.2. The molecule has 0 aromatic carbocycles. The van der Waals surface area contributed by atoms with Gasteiger partial charge in [-0.1, -0.05) is 12.8 Å². The van der Waals surface area contributed by atoms with E-state index in [1.807, 2.05) is 0 Å². The maximum absolute atomic E-state index is 12.7. The highest BCUT2D eigenvalue weighted by Gasteiger charge is 2.32. The van der Waals surface area contributed by atoms with Crippen molar-refractivity contribution < 1.29 is 4.79 Å². The van der Waals surface area contributed by atoms with Crippen molar-refractivity contribution in [3.8, 4) is 0 Å². The van der Waals surface area contributed by atoms with E-state index in [1.54, 1.807) is 0 Å². The van der Waals surface area contributed by atoms with Crippen LogP contribution in [0.3, 0.4) is 0 Å². The molecule has 1 N–H and O–H groups in total. The van der Waals surface area contributed by atoms with E-state index in [0.29, 0.717) is 18.0 Å². The van der Waals surface area contributed by atoms with Crippen molar-refractivity contribution in [2.24, 2.45) is 0 Å². The Kier molecular flexibility index (Phi) is 5.22. The van der Waals surface area contributed by atoms with Crippen LogP contribution in [0.4, 0.5) is 0 Å². The third kappa shape index (κ3) is 3.69. The van der Waals surface area contributed by atoms with Crippen LogP contribution in [0.15, 0.2) is 0 Å². The summed E-state index contributed by atoms with van der Waals surface area (Å²) >= 11 is 0. The van der Waals surface area contributed by atoms with Crippen LogP contribution in [0.5, 0.6) is 0 Å². The second kappa shape index (κ2) is 6.71. The van der Waals surface area contributed by atoms with Crippen LogP contribution < -0.4 is 5.32 Å². The van der Waals surface area contributed by atoms with Crippen molar-refractivity contribution in [3.63, 3.8) is 0 Å². The fourth-order valence-electron chi connectivity index (χ4n) is 3.29. The molecule has 0 radical (unpaired) electrons. The molecule has 0 aliphatic carbocycles. The van der Waals surface area contributed by atoms with E-state index in [-0.39, 0.29) is 6.04 Å². The minimum absolute atomic E-state index is 0.0256. The van der Waals surface area contributed by atoms with Crippen molar-refractivity contribution in [1.82, 2.24) is 15.1 Å². The van der Waals surface area contributed by atoms with Gasteiger partial charge < -0.3 is 10.2 Å². The molecule has 3 unspecified atom stereocenters. The second-order valence-corrected chi connectivity index (χ2v) is 6.27. The Labute approximate surface area is 117 Å². The fourth-order valence-corrected chi connectivity index (χ4v) is 3.29. The van der Waals surface area contributed by atoms with Gasteiger partial charge in [-0.2, -0.15) is 0 Å². The van der Waals surface area contributed by atoms with Crippen molar-refractivity contribution in [2.45, 2.75) is 64.6 Å². The Balaban J connectivity index is 1.96. The summed E-state index contributed by atoms with van der Waals surface area (Å²) in [6.45, 7) is 10.4. The first-order chi connectivity index (χ1) is 9.09. The molecule has 1 amide bonds. The zero-order valence-corrected chi connectivity index (χ0v) is 12.7. The van der Waals surface area contributed by atoms with Gasteiger partial charge in [-0.15, -0.1) is 0 Å². The van der Waals surface area contributed by atoms with Gasteiger partial charge in [0.1, 0.15) is 0 Å². The number of carbonyl (C=O) groups excluding carboxylic acids is 1. The summed E-state index contributed by atoms with van der Waals surface area (Å²) in [6, 6.07) is 0.954. The average molecular weight is 267 g/mol. The van der Waals surface area contributed by atoms with Gasteiger partial charge in [-0.25, -0.2) is 0 Å². The summed E-state index contributed by atoms with van der Waals surface area (Å²) in [5.41, 5.74) is 0. The van der Waals surface area contributed by atoms with Gasteiger partial charge in [0.05, 0.1) is 6.04 Å². The number of likely N-dealkylation sites (tertiary alicyclic amines) is 1. The number of amides is 1. The summed E-state index contributed by atoms with van der Waals surface area (Å²) in [6.07, 6.45) is 4.90. The Morgan fingerprint density at radius 1 is 1.16 bits per heavy atom. The highest BCUT2D eigenvalue weighted by molar-refractivity contribution is 5.81. The molecule has 0 aromatic rings.